The monoisotopic (exact) mass is 320 g/mol. The molecular weight excluding hydrogens is 311 g/mol. The predicted octanol–water partition coefficient (Wildman–Crippen LogP) is 3.03. The first-order valence-corrected chi connectivity index (χ1v) is 6.08. The average Bonchev–Trinajstić information content (AvgIpc) is 2.70. The summed E-state index contributed by atoms with van der Waals surface area (Å²) in [6.45, 7) is 1.85. The van der Waals surface area contributed by atoms with Crippen LogP contribution >= 0.6 is 33.9 Å². The summed E-state index contributed by atoms with van der Waals surface area (Å²) < 4.78 is 6.74. The Balaban J connectivity index is 2.33. The van der Waals surface area contributed by atoms with E-state index in [-0.39, 0.29) is 6.04 Å². The van der Waals surface area contributed by atoms with E-state index < -0.39 is 0 Å². The van der Waals surface area contributed by atoms with E-state index in [2.05, 4.69) is 33.6 Å². The van der Waals surface area contributed by atoms with Gasteiger partial charge in [0.25, 0.3) is 0 Å². The molecule has 74 valence electrons. The Hall–Kier alpha value is -0.400. The van der Waals surface area contributed by atoms with E-state index >= 15 is 0 Å². The van der Waals surface area contributed by atoms with Gasteiger partial charge in [-0.25, -0.2) is 4.98 Å². The van der Waals surface area contributed by atoms with Crippen LogP contribution in [0.2, 0.25) is 0 Å². The molecule has 0 radical (unpaired) electrons. The highest BCUT2D eigenvalue weighted by Gasteiger charge is 2.10. The van der Waals surface area contributed by atoms with Crippen LogP contribution in [0.3, 0.4) is 0 Å². The number of oxazole rings is 1. The summed E-state index contributed by atoms with van der Waals surface area (Å²) in [6.07, 6.45) is 1.72. The van der Waals surface area contributed by atoms with E-state index in [4.69, 9.17) is 10.2 Å². The van der Waals surface area contributed by atoms with Crippen LogP contribution in [-0.4, -0.2) is 4.98 Å². The Labute approximate surface area is 99.5 Å². The highest BCUT2D eigenvalue weighted by molar-refractivity contribution is 14.1. The summed E-state index contributed by atoms with van der Waals surface area (Å²) in [6, 6.07) is 1.91. The molecule has 3 nitrogen and oxygen atoms in total. The van der Waals surface area contributed by atoms with E-state index in [1.165, 1.54) is 2.88 Å². The van der Waals surface area contributed by atoms with Crippen molar-refractivity contribution in [3.8, 4) is 11.3 Å². The van der Waals surface area contributed by atoms with Gasteiger partial charge in [-0.2, -0.15) is 0 Å². The molecule has 2 rings (SSSR count). The van der Waals surface area contributed by atoms with Crippen LogP contribution in [0.15, 0.2) is 22.1 Å². The molecule has 1 atom stereocenters. The van der Waals surface area contributed by atoms with Gasteiger partial charge in [0.1, 0.15) is 0 Å². The summed E-state index contributed by atoms with van der Waals surface area (Å²) in [4.78, 5) is 4.11. The number of hydrogen-bond donors (Lipinski definition) is 1. The van der Waals surface area contributed by atoms with Crippen molar-refractivity contribution in [2.45, 2.75) is 13.0 Å². The summed E-state index contributed by atoms with van der Waals surface area (Å²) in [5.41, 5.74) is 6.72. The quantitative estimate of drug-likeness (QED) is 0.866. The molecule has 14 heavy (non-hydrogen) atoms. The van der Waals surface area contributed by atoms with Crippen LogP contribution < -0.4 is 5.73 Å². The first kappa shape index (κ1) is 10.1. The van der Waals surface area contributed by atoms with Crippen molar-refractivity contribution < 1.29 is 4.42 Å². The Morgan fingerprint density at radius 3 is 2.93 bits per heavy atom. The number of hydrogen-bond acceptors (Lipinski definition) is 4. The molecule has 2 heterocycles. The molecular formula is C9H9IN2OS. The molecule has 1 unspecified atom stereocenters. The minimum Gasteiger partial charge on any atom is -0.439 e. The van der Waals surface area contributed by atoms with Crippen molar-refractivity contribution >= 4 is 33.9 Å². The number of halogens is 1. The van der Waals surface area contributed by atoms with Crippen LogP contribution in [0.25, 0.3) is 11.3 Å². The molecule has 2 aromatic heterocycles. The van der Waals surface area contributed by atoms with Crippen LogP contribution in [-0.2, 0) is 0 Å². The minimum absolute atomic E-state index is 0.151. The molecule has 0 spiro atoms. The van der Waals surface area contributed by atoms with Crippen molar-refractivity contribution in [2.75, 3.05) is 0 Å². The smallest absolute Gasteiger partial charge is 0.211 e. The van der Waals surface area contributed by atoms with Crippen molar-refractivity contribution in [3.05, 3.63) is 26.4 Å². The Kier molecular flexibility index (Phi) is 2.89. The first-order valence-electron chi connectivity index (χ1n) is 4.12. The number of aromatic nitrogens is 1. The van der Waals surface area contributed by atoms with Gasteiger partial charge < -0.3 is 10.2 Å². The molecule has 0 bridgehead atoms. The second kappa shape index (κ2) is 4.00. The van der Waals surface area contributed by atoms with Crippen molar-refractivity contribution in [2.24, 2.45) is 5.73 Å². The molecule has 2 N–H and O–H groups in total. The first-order chi connectivity index (χ1) is 6.66. The number of nitrogens with zero attached hydrogens (tertiary/aromatic N) is 1. The van der Waals surface area contributed by atoms with E-state index in [1.807, 2.05) is 12.3 Å². The summed E-state index contributed by atoms with van der Waals surface area (Å²) >= 11 is 3.96. The summed E-state index contributed by atoms with van der Waals surface area (Å²) in [5.74, 6) is 1.37. The molecule has 0 aliphatic heterocycles. The number of nitrogens with two attached hydrogens (primary N) is 1. The van der Waals surface area contributed by atoms with Gasteiger partial charge in [-0.1, -0.05) is 0 Å². The van der Waals surface area contributed by atoms with Crippen LogP contribution in [0, 0.1) is 2.88 Å². The van der Waals surface area contributed by atoms with Crippen LogP contribution in [0.5, 0.6) is 0 Å². The normalized spacial score (nSPS) is 13.1. The lowest BCUT2D eigenvalue weighted by Gasteiger charge is -1.96. The number of rotatable bonds is 2. The molecule has 0 aromatic carbocycles. The largest absolute Gasteiger partial charge is 0.439 e. The van der Waals surface area contributed by atoms with Crippen molar-refractivity contribution in [3.63, 3.8) is 0 Å². The lowest BCUT2D eigenvalue weighted by molar-refractivity contribution is 0.474. The van der Waals surface area contributed by atoms with Gasteiger partial charge in [-0.15, -0.1) is 11.3 Å². The topological polar surface area (TPSA) is 52.0 Å². The molecule has 0 amide bonds. The van der Waals surface area contributed by atoms with E-state index in [9.17, 15) is 0 Å². The maximum absolute atomic E-state index is 5.66. The van der Waals surface area contributed by atoms with E-state index in [0.29, 0.717) is 5.89 Å². The maximum atomic E-state index is 5.66. The minimum atomic E-state index is -0.151. The van der Waals surface area contributed by atoms with Gasteiger partial charge in [0, 0.05) is 10.9 Å². The van der Waals surface area contributed by atoms with Gasteiger partial charge in [0.05, 0.1) is 15.1 Å². The predicted molar refractivity (Wildman–Crippen MR) is 65.1 cm³/mol. The number of thiophene rings is 1. The van der Waals surface area contributed by atoms with Gasteiger partial charge in [0.2, 0.25) is 5.89 Å². The molecule has 2 aromatic rings. The average molecular weight is 320 g/mol. The Morgan fingerprint density at radius 1 is 1.64 bits per heavy atom. The molecule has 0 saturated heterocycles. The van der Waals surface area contributed by atoms with Gasteiger partial charge >= 0.3 is 0 Å². The maximum Gasteiger partial charge on any atom is 0.211 e. The highest BCUT2D eigenvalue weighted by atomic mass is 127. The van der Waals surface area contributed by atoms with Crippen LogP contribution in [0.1, 0.15) is 18.9 Å². The fourth-order valence-electron chi connectivity index (χ4n) is 1.07. The third kappa shape index (κ3) is 1.99. The fourth-order valence-corrected chi connectivity index (χ4v) is 2.41. The molecule has 5 heteroatoms. The molecule has 0 saturated carbocycles. The fraction of sp³-hybridized carbons (Fsp3) is 0.222. The van der Waals surface area contributed by atoms with Gasteiger partial charge in [-0.05, 0) is 35.6 Å². The Morgan fingerprint density at radius 2 is 2.43 bits per heavy atom. The molecule has 0 aliphatic rings. The van der Waals surface area contributed by atoms with E-state index in [1.54, 1.807) is 17.5 Å². The Bertz CT molecular complexity index is 435. The zero-order valence-electron chi connectivity index (χ0n) is 7.53. The van der Waals surface area contributed by atoms with E-state index in [0.717, 1.165) is 11.3 Å². The van der Waals surface area contributed by atoms with Gasteiger partial charge in [-0.3, -0.25) is 0 Å². The lowest BCUT2D eigenvalue weighted by atomic mass is 10.3. The summed E-state index contributed by atoms with van der Waals surface area (Å²) in [7, 11) is 0. The zero-order valence-corrected chi connectivity index (χ0v) is 10.5. The second-order valence-electron chi connectivity index (χ2n) is 2.99. The van der Waals surface area contributed by atoms with Crippen molar-refractivity contribution in [1.82, 2.24) is 4.98 Å². The lowest BCUT2D eigenvalue weighted by Crippen LogP contribution is -2.04. The van der Waals surface area contributed by atoms with Crippen LogP contribution in [0.4, 0.5) is 0 Å². The second-order valence-corrected chi connectivity index (χ2v) is 5.80. The zero-order chi connectivity index (χ0) is 10.1. The summed E-state index contributed by atoms with van der Waals surface area (Å²) in [5, 5.41) is 2.05. The molecule has 0 fully saturated rings. The third-order valence-corrected chi connectivity index (χ3v) is 3.55. The van der Waals surface area contributed by atoms with Gasteiger partial charge in [0.15, 0.2) is 5.76 Å². The SMILES string of the molecule is CC(N)c1ncc(-c2csc(I)c2)o1. The highest BCUT2D eigenvalue weighted by Crippen LogP contribution is 2.27. The standard InChI is InChI=1S/C9H9IN2OS/c1-5(11)9-12-3-7(13-9)6-2-8(10)14-4-6/h2-5H,11H2,1H3. The molecule has 0 aliphatic carbocycles. The third-order valence-electron chi connectivity index (χ3n) is 1.77. The van der Waals surface area contributed by atoms with Crippen molar-refractivity contribution in [1.29, 1.82) is 0 Å².